The molecule has 3 aliphatic heterocycles. The van der Waals surface area contributed by atoms with Crippen molar-refractivity contribution < 1.29 is 14.3 Å². The molecule has 2 bridgehead atoms. The monoisotopic (exact) mass is 356 g/mol. The standard InChI is InChI=1S/C21H28N2O3/c1-3-14-7-5-6-8-15(14)20(25)22-11-16-17-12-23(19(24)4-2)13-21(17)10-9-18(16)26-21/h5-8,16-18H,3-4,9-13H2,1-2H3,(H,22,25)/t16-,17+,18+,21+/m0/s1. The molecule has 3 heterocycles. The van der Waals surface area contributed by atoms with Crippen molar-refractivity contribution in [3.8, 4) is 0 Å². The summed E-state index contributed by atoms with van der Waals surface area (Å²) >= 11 is 0. The van der Waals surface area contributed by atoms with Crippen LogP contribution in [0.15, 0.2) is 24.3 Å². The predicted octanol–water partition coefficient (Wildman–Crippen LogP) is 2.39. The van der Waals surface area contributed by atoms with Crippen LogP contribution in [0.3, 0.4) is 0 Å². The van der Waals surface area contributed by atoms with Gasteiger partial charge in [-0.25, -0.2) is 0 Å². The van der Waals surface area contributed by atoms with Crippen LogP contribution in [0.5, 0.6) is 0 Å². The predicted molar refractivity (Wildman–Crippen MR) is 98.8 cm³/mol. The third kappa shape index (κ3) is 2.73. The average molecular weight is 356 g/mol. The Morgan fingerprint density at radius 2 is 2.12 bits per heavy atom. The van der Waals surface area contributed by atoms with E-state index in [-0.39, 0.29) is 23.5 Å². The highest BCUT2D eigenvalue weighted by Crippen LogP contribution is 2.54. The van der Waals surface area contributed by atoms with Crippen LogP contribution >= 0.6 is 0 Å². The van der Waals surface area contributed by atoms with Crippen LogP contribution in [0, 0.1) is 11.8 Å². The highest BCUT2D eigenvalue weighted by atomic mass is 16.5. The second kappa shape index (κ2) is 6.69. The number of hydrogen-bond acceptors (Lipinski definition) is 3. The fourth-order valence-electron chi connectivity index (χ4n) is 5.23. The lowest BCUT2D eigenvalue weighted by molar-refractivity contribution is -0.131. The van der Waals surface area contributed by atoms with Crippen molar-refractivity contribution in [3.63, 3.8) is 0 Å². The molecule has 0 radical (unpaired) electrons. The summed E-state index contributed by atoms with van der Waals surface area (Å²) in [5, 5.41) is 3.15. The first-order valence-electron chi connectivity index (χ1n) is 9.89. The molecule has 0 unspecified atom stereocenters. The van der Waals surface area contributed by atoms with Crippen molar-refractivity contribution in [3.05, 3.63) is 35.4 Å². The van der Waals surface area contributed by atoms with Crippen LogP contribution in [-0.2, 0) is 16.0 Å². The highest BCUT2D eigenvalue weighted by molar-refractivity contribution is 5.95. The molecule has 3 fully saturated rings. The highest BCUT2D eigenvalue weighted by Gasteiger charge is 2.63. The number of carbonyl (C=O) groups excluding carboxylic acids is 2. The molecule has 3 aliphatic rings. The van der Waals surface area contributed by atoms with Crippen LogP contribution in [0.4, 0.5) is 0 Å². The van der Waals surface area contributed by atoms with Crippen molar-refractivity contribution in [2.24, 2.45) is 11.8 Å². The van der Waals surface area contributed by atoms with E-state index in [9.17, 15) is 9.59 Å². The lowest BCUT2D eigenvalue weighted by atomic mass is 9.73. The maximum absolute atomic E-state index is 12.7. The molecule has 0 aromatic heterocycles. The fourth-order valence-corrected chi connectivity index (χ4v) is 5.23. The number of fused-ring (bicyclic) bond motifs is 1. The van der Waals surface area contributed by atoms with E-state index in [4.69, 9.17) is 4.74 Å². The molecule has 26 heavy (non-hydrogen) atoms. The zero-order valence-corrected chi connectivity index (χ0v) is 15.7. The quantitative estimate of drug-likeness (QED) is 0.881. The Bertz CT molecular complexity index is 719. The van der Waals surface area contributed by atoms with E-state index < -0.39 is 0 Å². The lowest BCUT2D eigenvalue weighted by Crippen LogP contribution is -2.42. The van der Waals surface area contributed by atoms with Gasteiger partial charge in [0.15, 0.2) is 0 Å². The summed E-state index contributed by atoms with van der Waals surface area (Å²) in [6.45, 7) is 6.11. The van der Waals surface area contributed by atoms with Gasteiger partial charge in [0.05, 0.1) is 18.2 Å². The molecule has 1 spiro atoms. The molecule has 4 rings (SSSR count). The number of hydrogen-bond donors (Lipinski definition) is 1. The van der Waals surface area contributed by atoms with Gasteiger partial charge < -0.3 is 15.0 Å². The summed E-state index contributed by atoms with van der Waals surface area (Å²) in [4.78, 5) is 26.8. The Labute approximate surface area is 155 Å². The first-order valence-corrected chi connectivity index (χ1v) is 9.89. The molecule has 3 saturated heterocycles. The van der Waals surface area contributed by atoms with Crippen molar-refractivity contribution in [2.45, 2.75) is 51.2 Å². The van der Waals surface area contributed by atoms with Gasteiger partial charge in [-0.1, -0.05) is 32.0 Å². The largest absolute Gasteiger partial charge is 0.369 e. The molecule has 1 aromatic rings. The molecule has 5 nitrogen and oxygen atoms in total. The van der Waals surface area contributed by atoms with Crippen molar-refractivity contribution in [2.75, 3.05) is 19.6 Å². The molecular weight excluding hydrogens is 328 g/mol. The second-order valence-corrected chi connectivity index (χ2v) is 7.88. The van der Waals surface area contributed by atoms with Crippen molar-refractivity contribution >= 4 is 11.8 Å². The Balaban J connectivity index is 1.44. The maximum Gasteiger partial charge on any atom is 0.251 e. The maximum atomic E-state index is 12.7. The van der Waals surface area contributed by atoms with E-state index in [1.54, 1.807) is 0 Å². The number of nitrogens with one attached hydrogen (secondary N) is 1. The van der Waals surface area contributed by atoms with Crippen LogP contribution in [0.1, 0.15) is 49.0 Å². The van der Waals surface area contributed by atoms with Crippen LogP contribution < -0.4 is 5.32 Å². The smallest absolute Gasteiger partial charge is 0.251 e. The van der Waals surface area contributed by atoms with Crippen molar-refractivity contribution in [1.29, 1.82) is 0 Å². The van der Waals surface area contributed by atoms with E-state index >= 15 is 0 Å². The van der Waals surface area contributed by atoms with Gasteiger partial charge in [0.25, 0.3) is 5.91 Å². The third-order valence-corrected chi connectivity index (χ3v) is 6.58. The minimum Gasteiger partial charge on any atom is -0.369 e. The van der Waals surface area contributed by atoms with Gasteiger partial charge in [-0.15, -0.1) is 0 Å². The molecular formula is C21H28N2O3. The number of carbonyl (C=O) groups is 2. The Morgan fingerprint density at radius 3 is 2.88 bits per heavy atom. The van der Waals surface area contributed by atoms with Gasteiger partial charge in [0, 0.05) is 36.9 Å². The summed E-state index contributed by atoms with van der Waals surface area (Å²) in [6, 6.07) is 7.79. The average Bonchev–Trinajstić information content (AvgIpc) is 3.33. The Kier molecular flexibility index (Phi) is 4.51. The first kappa shape index (κ1) is 17.5. The van der Waals surface area contributed by atoms with Gasteiger partial charge in [0.1, 0.15) is 0 Å². The van der Waals surface area contributed by atoms with Crippen LogP contribution in [-0.4, -0.2) is 48.1 Å². The van der Waals surface area contributed by atoms with Crippen LogP contribution in [0.2, 0.25) is 0 Å². The summed E-state index contributed by atoms with van der Waals surface area (Å²) < 4.78 is 6.36. The van der Waals surface area contributed by atoms with Gasteiger partial charge in [-0.2, -0.15) is 0 Å². The van der Waals surface area contributed by atoms with E-state index in [1.165, 1.54) is 0 Å². The van der Waals surface area contributed by atoms with E-state index in [0.717, 1.165) is 43.5 Å². The number of rotatable bonds is 5. The van der Waals surface area contributed by atoms with Crippen molar-refractivity contribution in [1.82, 2.24) is 10.2 Å². The lowest BCUT2D eigenvalue weighted by Gasteiger charge is -2.29. The number of ether oxygens (including phenoxy) is 1. The van der Waals surface area contributed by atoms with E-state index in [1.807, 2.05) is 36.1 Å². The zero-order chi connectivity index (χ0) is 18.3. The van der Waals surface area contributed by atoms with Gasteiger partial charge in [0.2, 0.25) is 5.91 Å². The summed E-state index contributed by atoms with van der Waals surface area (Å²) in [5.41, 5.74) is 1.68. The number of benzene rings is 1. The normalized spacial score (nSPS) is 31.9. The first-order chi connectivity index (χ1) is 12.6. The summed E-state index contributed by atoms with van der Waals surface area (Å²) in [6.07, 6.45) is 3.69. The fraction of sp³-hybridized carbons (Fsp3) is 0.619. The Morgan fingerprint density at radius 1 is 1.31 bits per heavy atom. The summed E-state index contributed by atoms with van der Waals surface area (Å²) in [5.74, 6) is 0.855. The SMILES string of the molecule is CCC(=O)N1C[C@@H]2[C@H](CNC(=O)c3ccccc3CC)[C@H]3CC[C@]2(C1)O3. The molecule has 0 saturated carbocycles. The molecule has 5 heteroatoms. The van der Waals surface area contributed by atoms with E-state index in [0.29, 0.717) is 24.8 Å². The number of aryl methyl sites for hydroxylation is 1. The van der Waals surface area contributed by atoms with E-state index in [2.05, 4.69) is 12.2 Å². The molecule has 1 N–H and O–H groups in total. The van der Waals surface area contributed by atoms with Gasteiger partial charge in [-0.05, 0) is 30.9 Å². The molecule has 1 aromatic carbocycles. The summed E-state index contributed by atoms with van der Waals surface area (Å²) in [7, 11) is 0. The second-order valence-electron chi connectivity index (χ2n) is 7.88. The number of likely N-dealkylation sites (tertiary alicyclic amines) is 1. The minimum atomic E-state index is -0.160. The molecule has 0 aliphatic carbocycles. The van der Waals surface area contributed by atoms with Crippen LogP contribution in [0.25, 0.3) is 0 Å². The molecule has 2 amide bonds. The molecule has 140 valence electrons. The Hall–Kier alpha value is -1.88. The number of amides is 2. The van der Waals surface area contributed by atoms with Gasteiger partial charge >= 0.3 is 0 Å². The third-order valence-electron chi connectivity index (χ3n) is 6.58. The minimum absolute atomic E-state index is 0.00115. The topological polar surface area (TPSA) is 58.6 Å². The zero-order valence-electron chi connectivity index (χ0n) is 15.7. The number of nitrogens with zero attached hydrogens (tertiary/aromatic N) is 1. The molecule has 4 atom stereocenters. The van der Waals surface area contributed by atoms with Gasteiger partial charge in [-0.3, -0.25) is 9.59 Å².